The van der Waals surface area contributed by atoms with Gasteiger partial charge in [0.05, 0.1) is 0 Å². The molecule has 2 rings (SSSR count). The van der Waals surface area contributed by atoms with Crippen LogP contribution in [0.15, 0.2) is 18.2 Å². The van der Waals surface area contributed by atoms with E-state index in [1.165, 1.54) is 0 Å². The first kappa shape index (κ1) is 9.79. The van der Waals surface area contributed by atoms with Crippen LogP contribution in [0, 0.1) is 0 Å². The maximum atomic E-state index is 10.6. The first-order valence-corrected chi connectivity index (χ1v) is 4.62. The summed E-state index contributed by atoms with van der Waals surface area (Å²) in [5, 5.41) is 10.6. The smallest absolute Gasteiger partial charge is 0.161 e. The average molecular weight is 209 g/mol. The number of carbonyl (C=O) groups is 1. The van der Waals surface area contributed by atoms with Crippen LogP contribution in [0.1, 0.15) is 11.6 Å². The molecule has 5 heteroatoms. The van der Waals surface area contributed by atoms with Crippen molar-refractivity contribution >= 4 is 5.97 Å². The highest BCUT2D eigenvalue weighted by molar-refractivity contribution is 5.72. The maximum absolute atomic E-state index is 10.6. The third kappa shape index (κ3) is 1.87. The van der Waals surface area contributed by atoms with Crippen LogP contribution < -0.4 is 20.3 Å². The minimum Gasteiger partial charge on any atom is -0.544 e. The van der Waals surface area contributed by atoms with Gasteiger partial charge in [0.2, 0.25) is 0 Å². The van der Waals surface area contributed by atoms with Crippen molar-refractivity contribution in [3.8, 4) is 11.5 Å². The molecule has 1 heterocycles. The molecule has 1 atom stereocenters. The Kier molecular flexibility index (Phi) is 2.47. The standard InChI is InChI=1S/C10H11NO4/c11-9(10(12)13)6-1-2-7-8(5-6)15-4-3-14-7/h1-2,5,9H,3-4,11H2,(H,12,13)/t9-/m0/s1. The zero-order chi connectivity index (χ0) is 10.8. The van der Waals surface area contributed by atoms with E-state index in [1.807, 2.05) is 0 Å². The van der Waals surface area contributed by atoms with E-state index in [0.29, 0.717) is 30.3 Å². The van der Waals surface area contributed by atoms with E-state index in [9.17, 15) is 9.90 Å². The zero-order valence-corrected chi connectivity index (χ0v) is 8.06. The van der Waals surface area contributed by atoms with Gasteiger partial charge in [-0.05, 0) is 18.2 Å². The van der Waals surface area contributed by atoms with Crippen LogP contribution in [0.3, 0.4) is 0 Å². The van der Waals surface area contributed by atoms with Gasteiger partial charge in [-0.15, -0.1) is 0 Å². The van der Waals surface area contributed by atoms with Gasteiger partial charge in [0.15, 0.2) is 17.5 Å². The summed E-state index contributed by atoms with van der Waals surface area (Å²) in [4.78, 5) is 10.6. The topological polar surface area (TPSA) is 86.2 Å². The summed E-state index contributed by atoms with van der Waals surface area (Å²) < 4.78 is 10.6. The fourth-order valence-corrected chi connectivity index (χ4v) is 1.41. The lowest BCUT2D eigenvalue weighted by molar-refractivity contribution is -0.443. The Labute approximate surface area is 86.4 Å². The molecule has 15 heavy (non-hydrogen) atoms. The molecule has 0 spiro atoms. The molecule has 1 aliphatic heterocycles. The molecular weight excluding hydrogens is 198 g/mol. The van der Waals surface area contributed by atoms with Gasteiger partial charge in [-0.1, -0.05) is 0 Å². The molecule has 0 saturated heterocycles. The van der Waals surface area contributed by atoms with Crippen molar-refractivity contribution in [2.45, 2.75) is 6.04 Å². The number of hydrogen-bond acceptors (Lipinski definition) is 4. The number of rotatable bonds is 2. The van der Waals surface area contributed by atoms with Crippen molar-refractivity contribution in [2.24, 2.45) is 0 Å². The number of ether oxygens (including phenoxy) is 2. The average Bonchev–Trinajstić information content (AvgIpc) is 2.27. The maximum Gasteiger partial charge on any atom is 0.161 e. The normalized spacial score (nSPS) is 15.8. The number of hydrogen-bond donors (Lipinski definition) is 1. The van der Waals surface area contributed by atoms with Crippen LogP contribution in [0.2, 0.25) is 0 Å². The van der Waals surface area contributed by atoms with E-state index < -0.39 is 12.0 Å². The number of carboxylic acid groups (broad SMARTS) is 1. The van der Waals surface area contributed by atoms with Gasteiger partial charge in [0, 0.05) is 5.56 Å². The molecule has 1 aromatic rings. The van der Waals surface area contributed by atoms with Gasteiger partial charge in [0.25, 0.3) is 0 Å². The summed E-state index contributed by atoms with van der Waals surface area (Å²) in [7, 11) is 0. The molecule has 80 valence electrons. The van der Waals surface area contributed by atoms with Gasteiger partial charge in [-0.3, -0.25) is 0 Å². The zero-order valence-electron chi connectivity index (χ0n) is 8.06. The van der Waals surface area contributed by atoms with Crippen molar-refractivity contribution in [1.82, 2.24) is 0 Å². The van der Waals surface area contributed by atoms with E-state index >= 15 is 0 Å². The highest BCUT2D eigenvalue weighted by Crippen LogP contribution is 2.31. The van der Waals surface area contributed by atoms with E-state index in [0.717, 1.165) is 0 Å². The third-order valence-electron chi connectivity index (χ3n) is 2.25. The lowest BCUT2D eigenvalue weighted by Gasteiger charge is -2.19. The second kappa shape index (κ2) is 3.78. The summed E-state index contributed by atoms with van der Waals surface area (Å²) in [6, 6.07) is 4.08. The third-order valence-corrected chi connectivity index (χ3v) is 2.25. The van der Waals surface area contributed by atoms with E-state index in [1.54, 1.807) is 18.2 Å². The molecule has 0 aromatic heterocycles. The molecule has 0 aliphatic carbocycles. The summed E-state index contributed by atoms with van der Waals surface area (Å²) in [6.07, 6.45) is 0. The van der Waals surface area contributed by atoms with Gasteiger partial charge in [-0.25, -0.2) is 0 Å². The summed E-state index contributed by atoms with van der Waals surface area (Å²) in [5.74, 6) is -0.00382. The number of fused-ring (bicyclic) bond motifs is 1. The number of quaternary nitrogens is 1. The lowest BCUT2D eigenvalue weighted by atomic mass is 10.1. The number of carboxylic acids is 1. The molecule has 3 N–H and O–H groups in total. The predicted octanol–water partition coefficient (Wildman–Crippen LogP) is -1.51. The molecule has 0 saturated carbocycles. The molecular formula is C10H11NO4. The minimum atomic E-state index is -1.20. The first-order valence-electron chi connectivity index (χ1n) is 4.62. The number of aliphatic carboxylic acids is 1. The largest absolute Gasteiger partial charge is 0.544 e. The summed E-state index contributed by atoms with van der Waals surface area (Å²) in [5.41, 5.74) is 4.05. The summed E-state index contributed by atoms with van der Waals surface area (Å²) in [6.45, 7) is 0.990. The molecule has 0 radical (unpaired) electrons. The van der Waals surface area contributed by atoms with Crippen LogP contribution in [-0.2, 0) is 4.79 Å². The van der Waals surface area contributed by atoms with E-state index in [4.69, 9.17) is 9.47 Å². The molecule has 1 aliphatic rings. The van der Waals surface area contributed by atoms with Gasteiger partial charge in [0.1, 0.15) is 19.2 Å². The van der Waals surface area contributed by atoms with Gasteiger partial charge >= 0.3 is 0 Å². The molecule has 1 aromatic carbocycles. The molecule has 0 amide bonds. The Morgan fingerprint density at radius 3 is 2.67 bits per heavy atom. The highest BCUT2D eigenvalue weighted by Gasteiger charge is 2.16. The Bertz CT molecular complexity index is 391. The van der Waals surface area contributed by atoms with Gasteiger partial charge < -0.3 is 25.1 Å². The van der Waals surface area contributed by atoms with Crippen molar-refractivity contribution in [1.29, 1.82) is 0 Å². The Morgan fingerprint density at radius 2 is 2.00 bits per heavy atom. The van der Waals surface area contributed by atoms with Crippen molar-refractivity contribution < 1.29 is 25.1 Å². The molecule has 0 fully saturated rings. The fraction of sp³-hybridized carbons (Fsp3) is 0.300. The summed E-state index contributed by atoms with van der Waals surface area (Å²) >= 11 is 0. The Balaban J connectivity index is 2.31. The van der Waals surface area contributed by atoms with Crippen LogP contribution in [0.4, 0.5) is 0 Å². The Hall–Kier alpha value is -1.75. The van der Waals surface area contributed by atoms with E-state index in [-0.39, 0.29) is 0 Å². The second-order valence-electron chi connectivity index (χ2n) is 3.27. The van der Waals surface area contributed by atoms with Crippen LogP contribution >= 0.6 is 0 Å². The monoisotopic (exact) mass is 209 g/mol. The first-order chi connectivity index (χ1) is 7.18. The molecule has 0 bridgehead atoms. The number of benzene rings is 1. The second-order valence-corrected chi connectivity index (χ2v) is 3.27. The van der Waals surface area contributed by atoms with E-state index in [2.05, 4.69) is 5.73 Å². The van der Waals surface area contributed by atoms with Crippen LogP contribution in [0.5, 0.6) is 11.5 Å². The predicted molar refractivity (Wildman–Crippen MR) is 48.1 cm³/mol. The minimum absolute atomic E-state index is 0.476. The fourth-order valence-electron chi connectivity index (χ4n) is 1.41. The van der Waals surface area contributed by atoms with Gasteiger partial charge in [-0.2, -0.15) is 0 Å². The lowest BCUT2D eigenvalue weighted by Crippen LogP contribution is -2.61. The van der Waals surface area contributed by atoms with Crippen molar-refractivity contribution in [3.05, 3.63) is 23.8 Å². The molecule has 0 unspecified atom stereocenters. The van der Waals surface area contributed by atoms with Crippen molar-refractivity contribution in [2.75, 3.05) is 13.2 Å². The Morgan fingerprint density at radius 1 is 1.33 bits per heavy atom. The number of carbonyl (C=O) groups excluding carboxylic acids is 1. The molecule has 5 nitrogen and oxygen atoms in total. The van der Waals surface area contributed by atoms with Crippen molar-refractivity contribution in [3.63, 3.8) is 0 Å². The SMILES string of the molecule is [NH3+][C@H](C(=O)[O-])c1ccc2c(c1)OCCO2. The highest BCUT2D eigenvalue weighted by atomic mass is 16.6. The van der Waals surface area contributed by atoms with Crippen LogP contribution in [0.25, 0.3) is 0 Å². The van der Waals surface area contributed by atoms with Crippen LogP contribution in [-0.4, -0.2) is 19.2 Å². The quantitative estimate of drug-likeness (QED) is 0.641.